The van der Waals surface area contributed by atoms with Crippen molar-refractivity contribution >= 4 is 11.8 Å². The first-order valence-electron chi connectivity index (χ1n) is 10.4. The van der Waals surface area contributed by atoms with Gasteiger partial charge in [0.05, 0.1) is 17.6 Å². The minimum absolute atomic E-state index is 0.127. The molecule has 1 N–H and O–H groups in total. The van der Waals surface area contributed by atoms with Crippen LogP contribution in [0, 0.1) is 5.92 Å². The second-order valence-electron chi connectivity index (χ2n) is 8.46. The summed E-state index contributed by atoms with van der Waals surface area (Å²) >= 11 is 0. The number of ether oxygens (including phenoxy) is 1. The van der Waals surface area contributed by atoms with Gasteiger partial charge in [0, 0.05) is 44.3 Å². The Labute approximate surface area is 159 Å². The third kappa shape index (κ3) is 2.87. The van der Waals surface area contributed by atoms with Crippen LogP contribution in [0.4, 0.5) is 0 Å². The molecule has 0 aromatic carbocycles. The van der Waals surface area contributed by atoms with Crippen LogP contribution in [0.5, 0.6) is 0 Å². The van der Waals surface area contributed by atoms with E-state index < -0.39 is 0 Å². The highest BCUT2D eigenvalue weighted by Crippen LogP contribution is 2.45. The molecule has 3 aliphatic heterocycles. The lowest BCUT2D eigenvalue weighted by atomic mass is 9.78. The first-order valence-corrected chi connectivity index (χ1v) is 10.4. The van der Waals surface area contributed by atoms with E-state index in [0.717, 1.165) is 69.3 Å². The van der Waals surface area contributed by atoms with Crippen LogP contribution < -0.4 is 0 Å². The first kappa shape index (κ1) is 17.2. The number of aromatic amines is 1. The first-order chi connectivity index (χ1) is 13.2. The number of nitrogens with one attached hydrogen (secondary N) is 1. The van der Waals surface area contributed by atoms with E-state index in [-0.39, 0.29) is 23.5 Å². The number of fused-ring (bicyclic) bond motifs is 2. The quantitative estimate of drug-likeness (QED) is 0.855. The van der Waals surface area contributed by atoms with Crippen LogP contribution in [0.3, 0.4) is 0 Å². The fourth-order valence-corrected chi connectivity index (χ4v) is 5.09. The highest BCUT2D eigenvalue weighted by Gasteiger charge is 2.51. The molecule has 2 amide bonds. The second-order valence-corrected chi connectivity index (χ2v) is 8.46. The summed E-state index contributed by atoms with van der Waals surface area (Å²) in [6.45, 7) is 2.78. The Kier molecular flexibility index (Phi) is 4.22. The smallest absolute Gasteiger partial charge is 0.251 e. The number of hydrogen-bond donors (Lipinski definition) is 1. The topological polar surface area (TPSA) is 78.5 Å². The fourth-order valence-electron chi connectivity index (χ4n) is 5.09. The minimum Gasteiger partial charge on any atom is -0.368 e. The summed E-state index contributed by atoms with van der Waals surface area (Å²) in [6, 6.07) is 0. The van der Waals surface area contributed by atoms with Crippen molar-refractivity contribution in [3.8, 4) is 0 Å². The van der Waals surface area contributed by atoms with Crippen LogP contribution in [0.2, 0.25) is 0 Å². The van der Waals surface area contributed by atoms with Gasteiger partial charge < -0.3 is 19.5 Å². The maximum Gasteiger partial charge on any atom is 0.251 e. The number of carbonyl (C=O) groups excluding carboxylic acids is 2. The molecule has 7 heteroatoms. The Balaban J connectivity index is 1.36. The van der Waals surface area contributed by atoms with Crippen molar-refractivity contribution in [1.29, 1.82) is 0 Å². The third-order valence-corrected chi connectivity index (χ3v) is 6.81. The zero-order valence-electron chi connectivity index (χ0n) is 15.8. The lowest BCUT2D eigenvalue weighted by Gasteiger charge is -2.51. The molecule has 4 aliphatic rings. The molecule has 1 saturated carbocycles. The maximum absolute atomic E-state index is 13.0. The average molecular weight is 372 g/mol. The summed E-state index contributed by atoms with van der Waals surface area (Å²) in [5, 5.41) is 0. The lowest BCUT2D eigenvalue weighted by molar-refractivity contribution is -0.152. The maximum atomic E-state index is 13.0. The van der Waals surface area contributed by atoms with Crippen molar-refractivity contribution in [2.75, 3.05) is 26.2 Å². The zero-order chi connectivity index (χ0) is 18.4. The number of piperidine rings is 1. The standard InChI is InChI=1S/C20H28N4O3/c25-18(14-4-5-14)24-9-6-15-17(22-13-21-15)20(24)7-10-23(11-8-20)19(26)16-3-1-2-12-27-16/h13-14,16H,1-12H2,(H,21,22)/t16-/m0/s1. The Hall–Kier alpha value is -1.89. The van der Waals surface area contributed by atoms with Gasteiger partial charge >= 0.3 is 0 Å². The van der Waals surface area contributed by atoms with Gasteiger partial charge in [0.1, 0.15) is 6.10 Å². The fraction of sp³-hybridized carbons (Fsp3) is 0.750. The number of H-pyrrole nitrogens is 1. The molecule has 3 fully saturated rings. The van der Waals surface area contributed by atoms with Crippen LogP contribution >= 0.6 is 0 Å². The van der Waals surface area contributed by atoms with Crippen molar-refractivity contribution in [2.45, 2.75) is 63.0 Å². The molecule has 1 aromatic heterocycles. The Morgan fingerprint density at radius 2 is 1.93 bits per heavy atom. The van der Waals surface area contributed by atoms with Gasteiger partial charge in [-0.2, -0.15) is 0 Å². The summed E-state index contributed by atoms with van der Waals surface area (Å²) in [7, 11) is 0. The van der Waals surface area contributed by atoms with Gasteiger partial charge in [-0.3, -0.25) is 9.59 Å². The van der Waals surface area contributed by atoms with Gasteiger partial charge in [-0.05, 0) is 44.9 Å². The monoisotopic (exact) mass is 372 g/mol. The number of hydrogen-bond acceptors (Lipinski definition) is 4. The van der Waals surface area contributed by atoms with Crippen molar-refractivity contribution in [2.24, 2.45) is 5.92 Å². The zero-order valence-corrected chi connectivity index (χ0v) is 15.8. The predicted octanol–water partition coefficient (Wildman–Crippen LogP) is 1.59. The van der Waals surface area contributed by atoms with E-state index in [4.69, 9.17) is 4.74 Å². The molecule has 5 rings (SSSR count). The van der Waals surface area contributed by atoms with E-state index in [1.807, 2.05) is 4.90 Å². The van der Waals surface area contributed by atoms with Crippen LogP contribution in [-0.2, 0) is 26.3 Å². The minimum atomic E-state index is -0.350. The molecule has 146 valence electrons. The van der Waals surface area contributed by atoms with Gasteiger partial charge in [-0.1, -0.05) is 0 Å². The number of aromatic nitrogens is 2. The van der Waals surface area contributed by atoms with Gasteiger partial charge in [0.2, 0.25) is 5.91 Å². The number of nitrogens with zero attached hydrogens (tertiary/aromatic N) is 3. The van der Waals surface area contributed by atoms with Crippen LogP contribution in [0.15, 0.2) is 6.33 Å². The Morgan fingerprint density at radius 1 is 1.11 bits per heavy atom. The predicted molar refractivity (Wildman–Crippen MR) is 97.8 cm³/mol. The molecular formula is C20H28N4O3. The summed E-state index contributed by atoms with van der Waals surface area (Å²) in [6.07, 6.45) is 8.83. The van der Waals surface area contributed by atoms with E-state index in [0.29, 0.717) is 25.6 Å². The molecule has 1 atom stereocenters. The van der Waals surface area contributed by atoms with Crippen molar-refractivity contribution < 1.29 is 14.3 Å². The lowest BCUT2D eigenvalue weighted by Crippen LogP contribution is -2.60. The number of imidazole rings is 1. The van der Waals surface area contributed by atoms with E-state index >= 15 is 0 Å². The SMILES string of the molecule is O=C([C@@H]1CCCCO1)N1CCC2(CC1)c1nc[nH]c1CCN2C(=O)C1CC1. The van der Waals surface area contributed by atoms with Gasteiger partial charge in [-0.25, -0.2) is 4.98 Å². The largest absolute Gasteiger partial charge is 0.368 e. The van der Waals surface area contributed by atoms with Crippen LogP contribution in [0.1, 0.15) is 56.3 Å². The molecule has 0 radical (unpaired) electrons. The third-order valence-electron chi connectivity index (χ3n) is 6.81. The number of rotatable bonds is 2. The highest BCUT2D eigenvalue weighted by atomic mass is 16.5. The van der Waals surface area contributed by atoms with Gasteiger partial charge in [0.15, 0.2) is 0 Å². The molecule has 0 unspecified atom stereocenters. The summed E-state index contributed by atoms with van der Waals surface area (Å²) in [5.74, 6) is 0.624. The number of carbonyl (C=O) groups is 2. The molecule has 0 bridgehead atoms. The van der Waals surface area contributed by atoms with E-state index in [2.05, 4.69) is 14.9 Å². The molecule has 1 aromatic rings. The van der Waals surface area contributed by atoms with Gasteiger partial charge in [0.25, 0.3) is 5.91 Å². The molecule has 27 heavy (non-hydrogen) atoms. The summed E-state index contributed by atoms with van der Waals surface area (Å²) in [5.41, 5.74) is 1.84. The Morgan fingerprint density at radius 3 is 2.63 bits per heavy atom. The van der Waals surface area contributed by atoms with E-state index in [9.17, 15) is 9.59 Å². The van der Waals surface area contributed by atoms with Crippen LogP contribution in [0.25, 0.3) is 0 Å². The molecule has 7 nitrogen and oxygen atoms in total. The van der Waals surface area contributed by atoms with Gasteiger partial charge in [-0.15, -0.1) is 0 Å². The Bertz CT molecular complexity index is 727. The number of amides is 2. The second kappa shape index (κ2) is 6.62. The number of likely N-dealkylation sites (tertiary alicyclic amines) is 1. The molecule has 2 saturated heterocycles. The van der Waals surface area contributed by atoms with Crippen molar-refractivity contribution in [3.05, 3.63) is 17.7 Å². The normalized spacial score (nSPS) is 27.5. The average Bonchev–Trinajstić information content (AvgIpc) is 3.45. The van der Waals surface area contributed by atoms with E-state index in [1.54, 1.807) is 6.33 Å². The molecule has 1 aliphatic carbocycles. The summed E-state index contributed by atoms with van der Waals surface area (Å²) < 4.78 is 5.70. The van der Waals surface area contributed by atoms with Crippen molar-refractivity contribution in [3.63, 3.8) is 0 Å². The highest BCUT2D eigenvalue weighted by molar-refractivity contribution is 5.83. The van der Waals surface area contributed by atoms with E-state index in [1.165, 1.54) is 0 Å². The molecular weight excluding hydrogens is 344 g/mol. The summed E-state index contributed by atoms with van der Waals surface area (Å²) in [4.78, 5) is 37.8. The van der Waals surface area contributed by atoms with Crippen LogP contribution in [-0.4, -0.2) is 63.9 Å². The molecule has 4 heterocycles. The molecule has 1 spiro atoms. The van der Waals surface area contributed by atoms with Crippen molar-refractivity contribution in [1.82, 2.24) is 19.8 Å².